The summed E-state index contributed by atoms with van der Waals surface area (Å²) in [5.41, 5.74) is 7.95. The molecule has 3 aromatic rings. The maximum absolute atomic E-state index is 14.1. The highest BCUT2D eigenvalue weighted by Gasteiger charge is 2.31. The number of hydrogen-bond acceptors (Lipinski definition) is 5. The van der Waals surface area contributed by atoms with Gasteiger partial charge in [0.1, 0.15) is 11.6 Å². The van der Waals surface area contributed by atoms with Crippen LogP contribution in [0, 0.1) is 11.6 Å². The van der Waals surface area contributed by atoms with Crippen molar-refractivity contribution in [1.82, 2.24) is 14.9 Å². The number of hydrogen-bond donors (Lipinski definition) is 1. The van der Waals surface area contributed by atoms with Crippen LogP contribution in [-0.2, 0) is 22.6 Å². The van der Waals surface area contributed by atoms with Crippen LogP contribution in [0.15, 0.2) is 54.7 Å². The van der Waals surface area contributed by atoms with E-state index >= 15 is 0 Å². The Bertz CT molecular complexity index is 1060. The first-order valence-corrected chi connectivity index (χ1v) is 9.49. The molecule has 30 heavy (non-hydrogen) atoms. The average molecular weight is 410 g/mol. The van der Waals surface area contributed by atoms with Crippen molar-refractivity contribution in [3.8, 4) is 11.3 Å². The van der Waals surface area contributed by atoms with Crippen molar-refractivity contribution < 1.29 is 18.3 Å². The molecule has 2 aromatic heterocycles. The Morgan fingerprint density at radius 1 is 1.17 bits per heavy atom. The number of likely N-dealkylation sites (tertiary alicyclic amines) is 1. The number of carbonyl (C=O) groups is 1. The molecular weight excluding hydrogens is 390 g/mol. The Morgan fingerprint density at radius 3 is 2.73 bits per heavy atom. The van der Waals surface area contributed by atoms with Crippen LogP contribution in [0.1, 0.15) is 11.4 Å². The number of carbonyl (C=O) groups excluding carboxylic acids is 1. The molecule has 0 atom stereocenters. The summed E-state index contributed by atoms with van der Waals surface area (Å²) >= 11 is 0. The minimum atomic E-state index is -0.722. The topological polar surface area (TPSA) is 81.3 Å². The monoisotopic (exact) mass is 410 g/mol. The van der Waals surface area contributed by atoms with E-state index in [9.17, 15) is 13.6 Å². The zero-order valence-corrected chi connectivity index (χ0v) is 16.1. The lowest BCUT2D eigenvalue weighted by molar-refractivity contribution is -0.145. The molecule has 0 unspecified atom stereocenters. The third-order valence-corrected chi connectivity index (χ3v) is 4.93. The standard InChI is InChI=1S/C22H20F2N4O2/c23-14-4-5-17(18(24)9-14)20-7-6-19(25)21(27-20)10-22(29)28-11-16(12-28)30-13-15-3-1-2-8-26-15/h1-9,16H,10-13,25H2. The first kappa shape index (κ1) is 19.9. The largest absolute Gasteiger partial charge is 0.397 e. The Morgan fingerprint density at radius 2 is 2.00 bits per heavy atom. The van der Waals surface area contributed by atoms with Gasteiger partial charge in [-0.05, 0) is 36.4 Å². The highest BCUT2D eigenvalue weighted by Crippen LogP contribution is 2.25. The number of aromatic nitrogens is 2. The quantitative estimate of drug-likeness (QED) is 0.676. The molecule has 0 bridgehead atoms. The van der Waals surface area contributed by atoms with Crippen LogP contribution in [0.3, 0.4) is 0 Å². The number of nitrogen functional groups attached to an aromatic ring is 1. The van der Waals surface area contributed by atoms with Crippen molar-refractivity contribution in [3.63, 3.8) is 0 Å². The van der Waals surface area contributed by atoms with E-state index in [1.165, 1.54) is 6.07 Å². The molecule has 0 saturated carbocycles. The van der Waals surface area contributed by atoms with E-state index in [-0.39, 0.29) is 24.0 Å². The summed E-state index contributed by atoms with van der Waals surface area (Å²) in [7, 11) is 0. The van der Waals surface area contributed by atoms with Gasteiger partial charge in [-0.15, -0.1) is 0 Å². The SMILES string of the molecule is Nc1ccc(-c2ccc(F)cc2F)nc1CC(=O)N1CC(OCc2ccccn2)C1. The van der Waals surface area contributed by atoms with E-state index in [4.69, 9.17) is 10.5 Å². The number of rotatable bonds is 6. The highest BCUT2D eigenvalue weighted by atomic mass is 19.1. The summed E-state index contributed by atoms with van der Waals surface area (Å²) in [6.45, 7) is 1.36. The lowest BCUT2D eigenvalue weighted by atomic mass is 10.1. The molecule has 0 aliphatic carbocycles. The van der Waals surface area contributed by atoms with Gasteiger partial charge in [-0.2, -0.15) is 0 Å². The minimum Gasteiger partial charge on any atom is -0.397 e. The first-order valence-electron chi connectivity index (χ1n) is 9.49. The molecule has 1 fully saturated rings. The zero-order valence-electron chi connectivity index (χ0n) is 16.1. The van der Waals surface area contributed by atoms with Crippen LogP contribution < -0.4 is 5.73 Å². The second-order valence-corrected chi connectivity index (χ2v) is 7.09. The zero-order chi connectivity index (χ0) is 21.1. The predicted molar refractivity (Wildman–Crippen MR) is 107 cm³/mol. The molecule has 8 heteroatoms. The molecule has 3 heterocycles. The Labute approximate surface area is 172 Å². The van der Waals surface area contributed by atoms with Gasteiger partial charge in [-0.1, -0.05) is 6.07 Å². The van der Waals surface area contributed by atoms with Crippen molar-refractivity contribution >= 4 is 11.6 Å². The van der Waals surface area contributed by atoms with Crippen LogP contribution in [0.5, 0.6) is 0 Å². The molecule has 4 rings (SSSR count). The summed E-state index contributed by atoms with van der Waals surface area (Å²) in [6.07, 6.45) is 1.66. The number of amides is 1. The summed E-state index contributed by atoms with van der Waals surface area (Å²) in [5, 5.41) is 0. The molecule has 154 valence electrons. The number of ether oxygens (including phenoxy) is 1. The summed E-state index contributed by atoms with van der Waals surface area (Å²) in [5.74, 6) is -1.52. The van der Waals surface area contributed by atoms with Crippen LogP contribution in [0.25, 0.3) is 11.3 Å². The predicted octanol–water partition coefficient (Wildman–Crippen LogP) is 2.97. The molecule has 1 amide bonds. The van der Waals surface area contributed by atoms with Crippen molar-refractivity contribution in [1.29, 1.82) is 0 Å². The lowest BCUT2D eigenvalue weighted by Gasteiger charge is -2.38. The third-order valence-electron chi connectivity index (χ3n) is 4.93. The van der Waals surface area contributed by atoms with Gasteiger partial charge in [-0.25, -0.2) is 8.78 Å². The summed E-state index contributed by atoms with van der Waals surface area (Å²) < 4.78 is 33.0. The number of pyridine rings is 2. The average Bonchev–Trinajstić information content (AvgIpc) is 2.69. The maximum atomic E-state index is 14.1. The fourth-order valence-electron chi connectivity index (χ4n) is 3.19. The molecule has 1 aliphatic heterocycles. The normalized spacial score (nSPS) is 13.9. The lowest BCUT2D eigenvalue weighted by Crippen LogP contribution is -2.55. The minimum absolute atomic E-state index is 0.00452. The van der Waals surface area contributed by atoms with Crippen LogP contribution in [-0.4, -0.2) is 40.0 Å². The summed E-state index contributed by atoms with van der Waals surface area (Å²) in [6, 6.07) is 12.0. The van der Waals surface area contributed by atoms with E-state index in [2.05, 4.69) is 9.97 Å². The number of benzene rings is 1. The molecule has 1 saturated heterocycles. The molecule has 0 radical (unpaired) electrons. The van der Waals surface area contributed by atoms with Crippen molar-refractivity contribution in [2.24, 2.45) is 0 Å². The number of nitrogens with zero attached hydrogens (tertiary/aromatic N) is 3. The van der Waals surface area contributed by atoms with Gasteiger partial charge in [0, 0.05) is 30.9 Å². The van der Waals surface area contributed by atoms with Gasteiger partial charge < -0.3 is 15.4 Å². The number of nitrogens with two attached hydrogens (primary N) is 1. The molecule has 6 nitrogen and oxygen atoms in total. The maximum Gasteiger partial charge on any atom is 0.228 e. The van der Waals surface area contributed by atoms with Gasteiger partial charge in [0.05, 0.1) is 41.9 Å². The molecule has 2 N–H and O–H groups in total. The Balaban J connectivity index is 1.36. The van der Waals surface area contributed by atoms with Crippen molar-refractivity contribution in [2.75, 3.05) is 18.8 Å². The fraction of sp³-hybridized carbons (Fsp3) is 0.227. The second kappa shape index (κ2) is 8.54. The van der Waals surface area contributed by atoms with E-state index in [0.717, 1.165) is 17.8 Å². The van der Waals surface area contributed by atoms with E-state index in [0.29, 0.717) is 36.8 Å². The smallest absolute Gasteiger partial charge is 0.228 e. The van der Waals surface area contributed by atoms with Crippen LogP contribution in [0.4, 0.5) is 14.5 Å². The molecule has 1 aliphatic rings. The highest BCUT2D eigenvalue weighted by molar-refractivity contribution is 5.81. The molecule has 0 spiro atoms. The first-order chi connectivity index (χ1) is 14.5. The number of halogens is 2. The van der Waals surface area contributed by atoms with Gasteiger partial charge >= 0.3 is 0 Å². The fourth-order valence-corrected chi connectivity index (χ4v) is 3.19. The summed E-state index contributed by atoms with van der Waals surface area (Å²) in [4.78, 5) is 22.8. The van der Waals surface area contributed by atoms with Crippen molar-refractivity contribution in [3.05, 3.63) is 77.8 Å². The van der Waals surface area contributed by atoms with E-state index in [1.807, 2.05) is 18.2 Å². The molecule has 1 aromatic carbocycles. The third kappa shape index (κ3) is 4.44. The van der Waals surface area contributed by atoms with Crippen LogP contribution >= 0.6 is 0 Å². The van der Waals surface area contributed by atoms with E-state index < -0.39 is 11.6 Å². The van der Waals surface area contributed by atoms with Crippen molar-refractivity contribution in [2.45, 2.75) is 19.1 Å². The second-order valence-electron chi connectivity index (χ2n) is 7.09. The van der Waals surface area contributed by atoms with Gasteiger partial charge in [0.25, 0.3) is 0 Å². The molecular formula is C22H20F2N4O2. The number of anilines is 1. The van der Waals surface area contributed by atoms with E-state index in [1.54, 1.807) is 23.2 Å². The van der Waals surface area contributed by atoms with Gasteiger partial charge in [0.15, 0.2) is 0 Å². The Hall–Kier alpha value is -3.39. The van der Waals surface area contributed by atoms with Crippen LogP contribution in [0.2, 0.25) is 0 Å². The Kier molecular flexibility index (Phi) is 5.67. The van der Waals surface area contributed by atoms with Gasteiger partial charge in [-0.3, -0.25) is 14.8 Å². The van der Waals surface area contributed by atoms with Gasteiger partial charge in [0.2, 0.25) is 5.91 Å².